The van der Waals surface area contributed by atoms with Crippen LogP contribution in [0, 0.1) is 17.8 Å². The van der Waals surface area contributed by atoms with Gasteiger partial charge in [-0.25, -0.2) is 4.79 Å². The summed E-state index contributed by atoms with van der Waals surface area (Å²) in [5.41, 5.74) is 0. The minimum atomic E-state index is 0.0508. The lowest BCUT2D eigenvalue weighted by Crippen LogP contribution is -2.38. The Balaban J connectivity index is 1.33. The van der Waals surface area contributed by atoms with E-state index in [1.54, 1.807) is 0 Å². The van der Waals surface area contributed by atoms with Crippen LogP contribution in [0.2, 0.25) is 0 Å². The fraction of sp³-hybridized carbons (Fsp3) is 0.933. The van der Waals surface area contributed by atoms with Gasteiger partial charge in [-0.1, -0.05) is 0 Å². The van der Waals surface area contributed by atoms with E-state index in [1.165, 1.54) is 43.6 Å². The van der Waals surface area contributed by atoms with E-state index in [0.717, 1.165) is 12.5 Å². The first-order valence-corrected chi connectivity index (χ1v) is 9.49. The lowest BCUT2D eigenvalue weighted by Gasteiger charge is -2.26. The maximum absolute atomic E-state index is 12.1. The molecule has 2 saturated heterocycles. The summed E-state index contributed by atoms with van der Waals surface area (Å²) in [6.07, 6.45) is 6.74. The lowest BCUT2D eigenvalue weighted by atomic mass is 9.88. The number of rotatable bonds is 3. The summed E-state index contributed by atoms with van der Waals surface area (Å²) < 4.78 is 11.7. The van der Waals surface area contributed by atoms with E-state index in [1.807, 2.05) is 0 Å². The molecule has 0 aromatic carbocycles. The Morgan fingerprint density at radius 1 is 1.16 bits per heavy atom. The van der Waals surface area contributed by atoms with Crippen molar-refractivity contribution >= 4 is 16.9 Å². The second kappa shape index (κ2) is 4.96. The zero-order valence-electron chi connectivity index (χ0n) is 11.4. The molecule has 0 radical (unpaired) electrons. The minimum absolute atomic E-state index is 0.0508. The topological polar surface area (TPSA) is 35.5 Å². The van der Waals surface area contributed by atoms with Crippen LogP contribution in [0.1, 0.15) is 32.1 Å². The average Bonchev–Trinajstić information content (AvgIpc) is 3.01. The third-order valence-corrected chi connectivity index (χ3v) is 7.83. The van der Waals surface area contributed by atoms with Crippen molar-refractivity contribution in [1.82, 2.24) is 0 Å². The number of esters is 1. The number of hydrogen-bond acceptors (Lipinski definition) is 3. The van der Waals surface area contributed by atoms with Gasteiger partial charge in [-0.15, -0.1) is 0 Å². The molecule has 0 aromatic rings. The number of fused-ring (bicyclic) bond motifs is 1. The van der Waals surface area contributed by atoms with Crippen molar-refractivity contribution in [3.8, 4) is 0 Å². The average molecular weight is 283 g/mol. The van der Waals surface area contributed by atoms with E-state index in [0.29, 0.717) is 28.5 Å². The molecule has 0 aromatic heterocycles. The van der Waals surface area contributed by atoms with E-state index in [-0.39, 0.29) is 18.2 Å². The number of carbonyl (C=O) groups is 1. The normalized spacial score (nSPS) is 44.7. The molecule has 4 fully saturated rings. The Bertz CT molecular complexity index is 364. The molecule has 2 heterocycles. The molecule has 2 aliphatic carbocycles. The largest absolute Gasteiger partial charge is 0.456 e. The van der Waals surface area contributed by atoms with Crippen molar-refractivity contribution < 1.29 is 14.3 Å². The molecule has 0 amide bonds. The molecule has 4 aliphatic rings. The van der Waals surface area contributed by atoms with Gasteiger partial charge >= 0.3 is 5.97 Å². The van der Waals surface area contributed by atoms with Crippen molar-refractivity contribution in [1.29, 1.82) is 0 Å². The quantitative estimate of drug-likeness (QED) is 0.585. The van der Waals surface area contributed by atoms with Gasteiger partial charge in [-0.05, 0) is 60.8 Å². The third-order valence-electron chi connectivity index (χ3n) is 5.45. The van der Waals surface area contributed by atoms with Gasteiger partial charge in [-0.2, -0.15) is 0 Å². The van der Waals surface area contributed by atoms with E-state index in [4.69, 9.17) is 9.47 Å². The molecular formula is C15H23O3S+. The van der Waals surface area contributed by atoms with Crippen LogP contribution >= 0.6 is 0 Å². The zero-order valence-corrected chi connectivity index (χ0v) is 12.2. The van der Waals surface area contributed by atoms with Crippen LogP contribution in [0.4, 0.5) is 0 Å². The number of carbonyl (C=O) groups excluding carboxylic acids is 1. The highest BCUT2D eigenvalue weighted by atomic mass is 32.2. The summed E-state index contributed by atoms with van der Waals surface area (Å²) in [6.45, 7) is 0.907. The fourth-order valence-electron chi connectivity index (χ4n) is 4.58. The SMILES string of the molecule is O=C(C[S+]1CCCCC1)OC1C2CC3COC1C3C2. The second-order valence-corrected chi connectivity index (χ2v) is 8.96. The van der Waals surface area contributed by atoms with Crippen LogP contribution in [0.3, 0.4) is 0 Å². The molecular weight excluding hydrogens is 260 g/mol. The van der Waals surface area contributed by atoms with Crippen LogP contribution in [-0.4, -0.2) is 42.0 Å². The third kappa shape index (κ3) is 2.21. The Morgan fingerprint density at radius 2 is 2.00 bits per heavy atom. The lowest BCUT2D eigenvalue weighted by molar-refractivity contribution is -0.154. The molecule has 2 bridgehead atoms. The zero-order chi connectivity index (χ0) is 12.8. The van der Waals surface area contributed by atoms with Crippen LogP contribution in [0.5, 0.6) is 0 Å². The van der Waals surface area contributed by atoms with Gasteiger partial charge in [-0.3, -0.25) is 0 Å². The maximum atomic E-state index is 12.1. The molecule has 5 atom stereocenters. The predicted molar refractivity (Wildman–Crippen MR) is 75.1 cm³/mol. The molecule has 2 aliphatic heterocycles. The molecule has 4 heteroatoms. The van der Waals surface area contributed by atoms with Gasteiger partial charge in [0.1, 0.15) is 17.6 Å². The first kappa shape index (κ1) is 12.5. The van der Waals surface area contributed by atoms with E-state index < -0.39 is 0 Å². The molecule has 4 rings (SSSR count). The monoisotopic (exact) mass is 283 g/mol. The van der Waals surface area contributed by atoms with Gasteiger partial charge in [0.05, 0.1) is 12.7 Å². The highest BCUT2D eigenvalue weighted by Crippen LogP contribution is 2.54. The van der Waals surface area contributed by atoms with Gasteiger partial charge in [0.2, 0.25) is 5.75 Å². The maximum Gasteiger partial charge on any atom is 0.356 e. The second-order valence-electron chi connectivity index (χ2n) is 6.63. The summed E-state index contributed by atoms with van der Waals surface area (Å²) >= 11 is 0. The van der Waals surface area contributed by atoms with Crippen LogP contribution < -0.4 is 0 Å². The molecule has 2 saturated carbocycles. The summed E-state index contributed by atoms with van der Waals surface area (Å²) in [4.78, 5) is 12.1. The van der Waals surface area contributed by atoms with Crippen LogP contribution in [0.25, 0.3) is 0 Å². The van der Waals surface area contributed by atoms with Crippen molar-refractivity contribution in [3.05, 3.63) is 0 Å². The first-order valence-electron chi connectivity index (χ1n) is 7.76. The Kier molecular flexibility index (Phi) is 3.27. The standard InChI is InChI=1S/C15H23O3S/c16-13(9-19-4-2-1-3-5-19)18-14-10-6-11-8-17-15(14)12(11)7-10/h10-12,14-15H,1-9H2/q+1. The highest BCUT2D eigenvalue weighted by molar-refractivity contribution is 7.97. The summed E-state index contributed by atoms with van der Waals surface area (Å²) in [6, 6.07) is 0. The Morgan fingerprint density at radius 3 is 2.84 bits per heavy atom. The minimum Gasteiger partial charge on any atom is -0.456 e. The first-order chi connectivity index (χ1) is 9.31. The molecule has 0 N–H and O–H groups in total. The molecule has 5 unspecified atom stereocenters. The van der Waals surface area contributed by atoms with Crippen molar-refractivity contribution in [2.24, 2.45) is 17.8 Å². The van der Waals surface area contributed by atoms with Crippen LogP contribution in [-0.2, 0) is 25.2 Å². The fourth-order valence-corrected chi connectivity index (χ4v) is 6.70. The highest BCUT2D eigenvalue weighted by Gasteiger charge is 2.58. The predicted octanol–water partition coefficient (Wildman–Crippen LogP) is 1.76. The summed E-state index contributed by atoms with van der Waals surface area (Å²) in [5.74, 6) is 5.27. The number of ether oxygens (including phenoxy) is 2. The van der Waals surface area contributed by atoms with E-state index in [2.05, 4.69) is 0 Å². The van der Waals surface area contributed by atoms with Crippen molar-refractivity contribution in [2.75, 3.05) is 23.9 Å². The van der Waals surface area contributed by atoms with Crippen molar-refractivity contribution in [3.63, 3.8) is 0 Å². The van der Waals surface area contributed by atoms with Gasteiger partial charge in [0.25, 0.3) is 0 Å². The molecule has 106 valence electrons. The molecule has 19 heavy (non-hydrogen) atoms. The smallest absolute Gasteiger partial charge is 0.356 e. The Labute approximate surface area is 117 Å². The van der Waals surface area contributed by atoms with E-state index in [9.17, 15) is 4.79 Å². The number of hydrogen-bond donors (Lipinski definition) is 0. The Hall–Kier alpha value is -0.220. The van der Waals surface area contributed by atoms with Crippen molar-refractivity contribution in [2.45, 2.75) is 44.3 Å². The summed E-state index contributed by atoms with van der Waals surface area (Å²) in [5, 5.41) is 0. The van der Waals surface area contributed by atoms with Gasteiger partial charge in [0, 0.05) is 0 Å². The molecule has 0 spiro atoms. The summed E-state index contributed by atoms with van der Waals surface area (Å²) in [7, 11) is 0.305. The van der Waals surface area contributed by atoms with E-state index >= 15 is 0 Å². The van der Waals surface area contributed by atoms with Gasteiger partial charge in [0.15, 0.2) is 0 Å². The van der Waals surface area contributed by atoms with Crippen LogP contribution in [0.15, 0.2) is 0 Å². The molecule has 3 nitrogen and oxygen atoms in total. The van der Waals surface area contributed by atoms with Gasteiger partial charge < -0.3 is 9.47 Å².